The predicted octanol–water partition coefficient (Wildman–Crippen LogP) is 2.81. The van der Waals surface area contributed by atoms with E-state index < -0.39 is 6.04 Å². The van der Waals surface area contributed by atoms with Crippen molar-refractivity contribution in [1.29, 1.82) is 0 Å². The van der Waals surface area contributed by atoms with Gasteiger partial charge < -0.3 is 29.8 Å². The number of hydrogen-bond acceptors (Lipinski definition) is 5. The zero-order valence-corrected chi connectivity index (χ0v) is 19.2. The van der Waals surface area contributed by atoms with Crippen LogP contribution in [0.25, 0.3) is 10.9 Å². The number of aromatic nitrogens is 1. The SMILES string of the molecule is CC(=O)NC(Cc1c[nH]c2ccccc12)C(=O)NCC1(c2ccc3c(c2)OCO3)CCOCC1. The lowest BCUT2D eigenvalue weighted by Gasteiger charge is -2.38. The number of para-hydroxylation sites is 1. The molecule has 1 saturated heterocycles. The Morgan fingerprint density at radius 1 is 1.09 bits per heavy atom. The highest BCUT2D eigenvalue weighted by atomic mass is 16.7. The molecule has 3 N–H and O–H groups in total. The molecule has 8 heteroatoms. The van der Waals surface area contributed by atoms with Gasteiger partial charge >= 0.3 is 0 Å². The van der Waals surface area contributed by atoms with Crippen LogP contribution in [0.1, 0.15) is 30.9 Å². The number of aromatic amines is 1. The van der Waals surface area contributed by atoms with Crippen LogP contribution in [0.4, 0.5) is 0 Å². The second-order valence-corrected chi connectivity index (χ2v) is 9.00. The maximum atomic E-state index is 13.3. The molecule has 0 bridgehead atoms. The number of rotatable bonds is 7. The Labute approximate surface area is 198 Å². The molecular weight excluding hydrogens is 434 g/mol. The second kappa shape index (κ2) is 9.38. The fourth-order valence-electron chi connectivity index (χ4n) is 4.91. The van der Waals surface area contributed by atoms with Gasteiger partial charge in [-0.2, -0.15) is 0 Å². The molecule has 3 heterocycles. The normalized spacial score (nSPS) is 17.3. The number of nitrogens with one attached hydrogen (secondary N) is 3. The highest BCUT2D eigenvalue weighted by Crippen LogP contribution is 2.40. The first kappa shape index (κ1) is 22.3. The van der Waals surface area contributed by atoms with E-state index in [2.05, 4.69) is 15.6 Å². The maximum absolute atomic E-state index is 13.3. The van der Waals surface area contributed by atoms with E-state index in [9.17, 15) is 9.59 Å². The number of amides is 2. The standard InChI is InChI=1S/C26H29N3O5/c1-17(30)29-22(12-18-14-27-21-5-3-2-4-20(18)21)25(31)28-15-26(8-10-32-11-9-26)19-6-7-23-24(13-19)34-16-33-23/h2-7,13-14,22,27H,8-12,15-16H2,1H3,(H,28,31)(H,29,30). The minimum absolute atomic E-state index is 0.202. The van der Waals surface area contributed by atoms with E-state index >= 15 is 0 Å². The highest BCUT2D eigenvalue weighted by molar-refractivity contribution is 5.89. The Morgan fingerprint density at radius 2 is 1.88 bits per heavy atom. The summed E-state index contributed by atoms with van der Waals surface area (Å²) in [5.41, 5.74) is 2.80. The number of benzene rings is 2. The summed E-state index contributed by atoms with van der Waals surface area (Å²) in [5.74, 6) is 1.02. The number of ether oxygens (including phenoxy) is 3. The van der Waals surface area contributed by atoms with Crippen molar-refractivity contribution in [2.75, 3.05) is 26.6 Å². The summed E-state index contributed by atoms with van der Waals surface area (Å²) in [6.07, 6.45) is 3.86. The molecule has 0 saturated carbocycles. The average molecular weight is 464 g/mol. The molecule has 3 aromatic rings. The molecule has 178 valence electrons. The first-order chi connectivity index (χ1) is 16.5. The highest BCUT2D eigenvalue weighted by Gasteiger charge is 2.36. The molecule has 1 aromatic heterocycles. The van der Waals surface area contributed by atoms with Crippen LogP contribution in [-0.2, 0) is 26.2 Å². The van der Waals surface area contributed by atoms with Gasteiger partial charge in [-0.15, -0.1) is 0 Å². The van der Waals surface area contributed by atoms with Crippen LogP contribution in [0, 0.1) is 0 Å². The lowest BCUT2D eigenvalue weighted by Crippen LogP contribution is -2.51. The van der Waals surface area contributed by atoms with Gasteiger partial charge in [0.05, 0.1) is 0 Å². The van der Waals surface area contributed by atoms with Gasteiger partial charge in [0, 0.05) is 55.6 Å². The van der Waals surface area contributed by atoms with Gasteiger partial charge in [-0.1, -0.05) is 24.3 Å². The van der Waals surface area contributed by atoms with Crippen molar-refractivity contribution in [3.8, 4) is 11.5 Å². The van der Waals surface area contributed by atoms with E-state index in [1.54, 1.807) is 0 Å². The van der Waals surface area contributed by atoms with Gasteiger partial charge in [0.25, 0.3) is 0 Å². The molecule has 2 aliphatic rings. The summed E-state index contributed by atoms with van der Waals surface area (Å²) in [6, 6.07) is 13.2. The van der Waals surface area contributed by atoms with Gasteiger partial charge in [0.1, 0.15) is 6.04 Å². The van der Waals surface area contributed by atoms with E-state index in [1.807, 2.05) is 48.7 Å². The minimum atomic E-state index is -0.676. The quantitative estimate of drug-likeness (QED) is 0.500. The molecule has 2 aromatic carbocycles. The summed E-state index contributed by atoms with van der Waals surface area (Å²) in [7, 11) is 0. The summed E-state index contributed by atoms with van der Waals surface area (Å²) in [5, 5.41) is 7.01. The third-order valence-corrected chi connectivity index (χ3v) is 6.83. The van der Waals surface area contributed by atoms with E-state index in [0.717, 1.165) is 46.4 Å². The molecule has 1 unspecified atom stereocenters. The predicted molar refractivity (Wildman–Crippen MR) is 127 cm³/mol. The second-order valence-electron chi connectivity index (χ2n) is 9.00. The van der Waals surface area contributed by atoms with Crippen molar-refractivity contribution < 1.29 is 23.8 Å². The molecule has 0 radical (unpaired) electrons. The Hall–Kier alpha value is -3.52. The molecular formula is C26H29N3O5. The van der Waals surface area contributed by atoms with Crippen LogP contribution in [0.15, 0.2) is 48.7 Å². The van der Waals surface area contributed by atoms with Gasteiger partial charge in [-0.05, 0) is 42.2 Å². The van der Waals surface area contributed by atoms with Gasteiger partial charge in [0.2, 0.25) is 18.6 Å². The Morgan fingerprint density at radius 3 is 2.71 bits per heavy atom. The molecule has 8 nitrogen and oxygen atoms in total. The van der Waals surface area contributed by atoms with Gasteiger partial charge in [0.15, 0.2) is 11.5 Å². The molecule has 0 aliphatic carbocycles. The summed E-state index contributed by atoms with van der Waals surface area (Å²) in [4.78, 5) is 28.5. The molecule has 5 rings (SSSR count). The third-order valence-electron chi connectivity index (χ3n) is 6.83. The lowest BCUT2D eigenvalue weighted by atomic mass is 9.74. The van der Waals surface area contributed by atoms with Crippen molar-refractivity contribution in [3.05, 3.63) is 59.8 Å². The number of carbonyl (C=O) groups is 2. The van der Waals surface area contributed by atoms with E-state index in [-0.39, 0.29) is 24.0 Å². The molecule has 0 spiro atoms. The molecule has 1 fully saturated rings. The van der Waals surface area contributed by atoms with E-state index in [0.29, 0.717) is 26.2 Å². The Kier molecular flexibility index (Phi) is 6.15. The van der Waals surface area contributed by atoms with E-state index in [1.165, 1.54) is 6.92 Å². The third kappa shape index (κ3) is 4.46. The average Bonchev–Trinajstić information content (AvgIpc) is 3.49. The number of H-pyrrole nitrogens is 1. The van der Waals surface area contributed by atoms with Crippen LogP contribution in [0.2, 0.25) is 0 Å². The van der Waals surface area contributed by atoms with Gasteiger partial charge in [-0.3, -0.25) is 9.59 Å². The molecule has 1 atom stereocenters. The molecule has 2 aliphatic heterocycles. The lowest BCUT2D eigenvalue weighted by molar-refractivity contribution is -0.128. The summed E-state index contributed by atoms with van der Waals surface area (Å²) >= 11 is 0. The van der Waals surface area contributed by atoms with Crippen LogP contribution in [0.3, 0.4) is 0 Å². The van der Waals surface area contributed by atoms with Gasteiger partial charge in [-0.25, -0.2) is 0 Å². The van der Waals surface area contributed by atoms with Crippen LogP contribution >= 0.6 is 0 Å². The number of fused-ring (bicyclic) bond motifs is 2. The van der Waals surface area contributed by atoms with E-state index in [4.69, 9.17) is 14.2 Å². The van der Waals surface area contributed by atoms with Crippen LogP contribution in [-0.4, -0.2) is 49.4 Å². The molecule has 34 heavy (non-hydrogen) atoms. The van der Waals surface area contributed by atoms with Crippen molar-refractivity contribution in [2.45, 2.75) is 37.6 Å². The van der Waals surface area contributed by atoms with Crippen LogP contribution in [0.5, 0.6) is 11.5 Å². The maximum Gasteiger partial charge on any atom is 0.242 e. The summed E-state index contributed by atoms with van der Waals surface area (Å²) in [6.45, 7) is 3.34. The summed E-state index contributed by atoms with van der Waals surface area (Å²) < 4.78 is 16.7. The fraction of sp³-hybridized carbons (Fsp3) is 0.385. The largest absolute Gasteiger partial charge is 0.454 e. The Balaban J connectivity index is 1.35. The Bertz CT molecular complexity index is 1200. The number of carbonyl (C=O) groups excluding carboxylic acids is 2. The monoisotopic (exact) mass is 463 g/mol. The first-order valence-corrected chi connectivity index (χ1v) is 11.6. The topological polar surface area (TPSA) is 102 Å². The number of hydrogen-bond donors (Lipinski definition) is 3. The van der Waals surface area contributed by atoms with Crippen molar-refractivity contribution >= 4 is 22.7 Å². The smallest absolute Gasteiger partial charge is 0.242 e. The first-order valence-electron chi connectivity index (χ1n) is 11.6. The van der Waals surface area contributed by atoms with Crippen molar-refractivity contribution in [1.82, 2.24) is 15.6 Å². The van der Waals surface area contributed by atoms with Crippen molar-refractivity contribution in [2.24, 2.45) is 0 Å². The zero-order valence-electron chi connectivity index (χ0n) is 19.2. The molecule has 2 amide bonds. The van der Waals surface area contributed by atoms with Crippen molar-refractivity contribution in [3.63, 3.8) is 0 Å². The fourth-order valence-corrected chi connectivity index (χ4v) is 4.91. The zero-order chi connectivity index (χ0) is 23.5. The van der Waals surface area contributed by atoms with Crippen LogP contribution < -0.4 is 20.1 Å². The minimum Gasteiger partial charge on any atom is -0.454 e.